The monoisotopic (exact) mass is 412 g/mol. The standard InChI is InChI=1S/C21H24N4O3S/c1-21(2,3)28-20(27)25-13-11-24(12-14-25)19(26)17-16(23-9-4-5-10-23)15-7-6-8-22-18(15)29-17/h4-10H,11-14H2,1-3H3. The second kappa shape index (κ2) is 7.51. The molecule has 2 amide bonds. The average molecular weight is 413 g/mol. The molecule has 3 aromatic rings. The van der Waals surface area contributed by atoms with Crippen LogP contribution in [-0.2, 0) is 4.74 Å². The molecule has 29 heavy (non-hydrogen) atoms. The molecule has 4 heterocycles. The molecule has 0 aliphatic carbocycles. The summed E-state index contributed by atoms with van der Waals surface area (Å²) in [7, 11) is 0. The molecule has 0 N–H and O–H groups in total. The molecule has 0 radical (unpaired) electrons. The Kier molecular flexibility index (Phi) is 5.04. The quantitative estimate of drug-likeness (QED) is 0.642. The van der Waals surface area contributed by atoms with E-state index < -0.39 is 5.60 Å². The number of nitrogens with zero attached hydrogens (tertiary/aromatic N) is 4. The van der Waals surface area contributed by atoms with Crippen molar-refractivity contribution in [1.82, 2.24) is 19.4 Å². The fourth-order valence-corrected chi connectivity index (χ4v) is 4.48. The van der Waals surface area contributed by atoms with E-state index in [0.29, 0.717) is 31.1 Å². The summed E-state index contributed by atoms with van der Waals surface area (Å²) in [6.07, 6.45) is 5.28. The Balaban J connectivity index is 1.55. The van der Waals surface area contributed by atoms with E-state index in [-0.39, 0.29) is 12.0 Å². The topological polar surface area (TPSA) is 67.7 Å². The van der Waals surface area contributed by atoms with Gasteiger partial charge in [-0.1, -0.05) is 0 Å². The van der Waals surface area contributed by atoms with Crippen LogP contribution in [0.4, 0.5) is 4.79 Å². The van der Waals surface area contributed by atoms with Crippen molar-refractivity contribution in [3.8, 4) is 5.69 Å². The van der Waals surface area contributed by atoms with Crippen LogP contribution in [-0.4, -0.2) is 63.1 Å². The van der Waals surface area contributed by atoms with Gasteiger partial charge in [0.15, 0.2) is 0 Å². The first-order valence-corrected chi connectivity index (χ1v) is 10.4. The normalized spacial score (nSPS) is 15.0. The van der Waals surface area contributed by atoms with Crippen LogP contribution in [0.15, 0.2) is 42.9 Å². The number of piperazine rings is 1. The second-order valence-corrected chi connectivity index (χ2v) is 8.98. The van der Waals surface area contributed by atoms with Gasteiger partial charge < -0.3 is 19.1 Å². The molecule has 0 aromatic carbocycles. The molecule has 152 valence electrons. The van der Waals surface area contributed by atoms with E-state index >= 15 is 0 Å². The molecule has 4 rings (SSSR count). The van der Waals surface area contributed by atoms with Gasteiger partial charge in [0.05, 0.1) is 5.69 Å². The third kappa shape index (κ3) is 3.98. The molecular weight excluding hydrogens is 388 g/mol. The zero-order valence-corrected chi connectivity index (χ0v) is 17.6. The summed E-state index contributed by atoms with van der Waals surface area (Å²) in [4.78, 5) is 35.0. The van der Waals surface area contributed by atoms with Crippen molar-refractivity contribution in [2.45, 2.75) is 26.4 Å². The van der Waals surface area contributed by atoms with Crippen LogP contribution >= 0.6 is 11.3 Å². The lowest BCUT2D eigenvalue weighted by Gasteiger charge is -2.35. The van der Waals surface area contributed by atoms with Gasteiger partial charge in [-0.15, -0.1) is 11.3 Å². The highest BCUT2D eigenvalue weighted by molar-refractivity contribution is 7.21. The number of carbonyl (C=O) groups is 2. The van der Waals surface area contributed by atoms with Crippen molar-refractivity contribution in [3.05, 3.63) is 47.7 Å². The first-order valence-electron chi connectivity index (χ1n) is 9.61. The van der Waals surface area contributed by atoms with Crippen LogP contribution in [0.1, 0.15) is 30.4 Å². The minimum Gasteiger partial charge on any atom is -0.444 e. The summed E-state index contributed by atoms with van der Waals surface area (Å²) in [6, 6.07) is 7.75. The molecule has 1 aliphatic rings. The maximum Gasteiger partial charge on any atom is 0.410 e. The summed E-state index contributed by atoms with van der Waals surface area (Å²) in [5.74, 6) is -0.0273. The minimum absolute atomic E-state index is 0.0273. The average Bonchev–Trinajstić information content (AvgIpc) is 3.33. The van der Waals surface area contributed by atoms with E-state index in [1.807, 2.05) is 62.0 Å². The third-order valence-electron chi connectivity index (χ3n) is 4.72. The van der Waals surface area contributed by atoms with E-state index in [9.17, 15) is 9.59 Å². The number of aromatic nitrogens is 2. The number of rotatable bonds is 2. The molecule has 0 spiro atoms. The predicted molar refractivity (Wildman–Crippen MR) is 113 cm³/mol. The van der Waals surface area contributed by atoms with Crippen molar-refractivity contribution in [2.75, 3.05) is 26.2 Å². The lowest BCUT2D eigenvalue weighted by atomic mass is 10.2. The SMILES string of the molecule is CC(C)(C)OC(=O)N1CCN(C(=O)c2sc3ncccc3c2-n2cccc2)CC1. The van der Waals surface area contributed by atoms with Crippen molar-refractivity contribution >= 4 is 33.6 Å². The number of amides is 2. The lowest BCUT2D eigenvalue weighted by Crippen LogP contribution is -2.51. The smallest absolute Gasteiger partial charge is 0.410 e. The Labute approximate surface area is 173 Å². The number of fused-ring (bicyclic) bond motifs is 1. The Morgan fingerprint density at radius 2 is 1.69 bits per heavy atom. The van der Waals surface area contributed by atoms with Crippen LogP contribution in [0.2, 0.25) is 0 Å². The van der Waals surface area contributed by atoms with Gasteiger partial charge in [0.25, 0.3) is 5.91 Å². The molecular formula is C21H24N4O3S. The van der Waals surface area contributed by atoms with Crippen LogP contribution in [0.5, 0.6) is 0 Å². The number of carbonyl (C=O) groups excluding carboxylic acids is 2. The van der Waals surface area contributed by atoms with E-state index in [2.05, 4.69) is 4.98 Å². The summed E-state index contributed by atoms with van der Waals surface area (Å²) in [5, 5.41) is 0.962. The van der Waals surface area contributed by atoms with Gasteiger partial charge >= 0.3 is 6.09 Å². The molecule has 7 nitrogen and oxygen atoms in total. The molecule has 0 atom stereocenters. The second-order valence-electron chi connectivity index (χ2n) is 7.99. The van der Waals surface area contributed by atoms with E-state index in [4.69, 9.17) is 4.74 Å². The maximum absolute atomic E-state index is 13.4. The summed E-state index contributed by atoms with van der Waals surface area (Å²) >= 11 is 1.41. The fourth-order valence-electron chi connectivity index (χ4n) is 3.37. The zero-order chi connectivity index (χ0) is 20.6. The number of thiophene rings is 1. The maximum atomic E-state index is 13.4. The molecule has 1 saturated heterocycles. The number of pyridine rings is 1. The Morgan fingerprint density at radius 1 is 1.03 bits per heavy atom. The third-order valence-corrected chi connectivity index (χ3v) is 5.81. The fraction of sp³-hybridized carbons (Fsp3) is 0.381. The van der Waals surface area contributed by atoms with Crippen molar-refractivity contribution in [1.29, 1.82) is 0 Å². The van der Waals surface area contributed by atoms with Gasteiger partial charge in [-0.25, -0.2) is 9.78 Å². The van der Waals surface area contributed by atoms with Crippen LogP contribution in [0.3, 0.4) is 0 Å². The molecule has 0 bridgehead atoms. The highest BCUT2D eigenvalue weighted by Gasteiger charge is 2.30. The minimum atomic E-state index is -0.528. The highest BCUT2D eigenvalue weighted by Crippen LogP contribution is 2.34. The van der Waals surface area contributed by atoms with Gasteiger partial charge in [0.2, 0.25) is 0 Å². The van der Waals surface area contributed by atoms with E-state index in [1.165, 1.54) is 11.3 Å². The molecule has 1 fully saturated rings. The number of ether oxygens (including phenoxy) is 1. The first-order chi connectivity index (χ1) is 13.8. The molecule has 0 saturated carbocycles. The van der Waals surface area contributed by atoms with Crippen LogP contribution < -0.4 is 0 Å². The Morgan fingerprint density at radius 3 is 2.34 bits per heavy atom. The van der Waals surface area contributed by atoms with Gasteiger partial charge in [0, 0.05) is 50.2 Å². The van der Waals surface area contributed by atoms with Crippen molar-refractivity contribution < 1.29 is 14.3 Å². The van der Waals surface area contributed by atoms with Crippen molar-refractivity contribution in [2.24, 2.45) is 0 Å². The van der Waals surface area contributed by atoms with Crippen LogP contribution in [0.25, 0.3) is 15.9 Å². The first kappa shape index (κ1) is 19.4. The number of hydrogen-bond acceptors (Lipinski definition) is 5. The highest BCUT2D eigenvalue weighted by atomic mass is 32.1. The van der Waals surface area contributed by atoms with Gasteiger partial charge in [-0.05, 0) is 45.0 Å². The Bertz CT molecular complexity index is 1030. The lowest BCUT2D eigenvalue weighted by molar-refractivity contribution is 0.0141. The van der Waals surface area contributed by atoms with E-state index in [0.717, 1.165) is 15.9 Å². The number of hydrogen-bond donors (Lipinski definition) is 0. The van der Waals surface area contributed by atoms with Crippen molar-refractivity contribution in [3.63, 3.8) is 0 Å². The molecule has 3 aromatic heterocycles. The molecule has 8 heteroatoms. The van der Waals surface area contributed by atoms with E-state index in [1.54, 1.807) is 16.0 Å². The molecule has 1 aliphatic heterocycles. The summed E-state index contributed by atoms with van der Waals surface area (Å²) in [6.45, 7) is 7.43. The van der Waals surface area contributed by atoms with Gasteiger partial charge in [-0.2, -0.15) is 0 Å². The predicted octanol–water partition coefficient (Wildman–Crippen LogP) is 3.78. The summed E-state index contributed by atoms with van der Waals surface area (Å²) in [5.41, 5.74) is 0.336. The Hall–Kier alpha value is -2.87. The largest absolute Gasteiger partial charge is 0.444 e. The zero-order valence-electron chi connectivity index (χ0n) is 16.8. The summed E-state index contributed by atoms with van der Waals surface area (Å²) < 4.78 is 7.40. The van der Waals surface area contributed by atoms with Gasteiger partial charge in [-0.3, -0.25) is 4.79 Å². The van der Waals surface area contributed by atoms with Crippen LogP contribution in [0, 0.1) is 0 Å². The molecule has 0 unspecified atom stereocenters. The van der Waals surface area contributed by atoms with Gasteiger partial charge in [0.1, 0.15) is 15.3 Å².